The second-order valence-corrected chi connectivity index (χ2v) is 7.24. The average molecular weight is 354 g/mol. The van der Waals surface area contributed by atoms with E-state index >= 15 is 0 Å². The number of halogens is 1. The Morgan fingerprint density at radius 1 is 1.00 bits per heavy atom. The third-order valence-electron chi connectivity index (χ3n) is 4.49. The molecule has 0 saturated heterocycles. The van der Waals surface area contributed by atoms with Gasteiger partial charge < -0.3 is 9.72 Å². The van der Waals surface area contributed by atoms with Gasteiger partial charge in [0.2, 0.25) is 0 Å². The van der Waals surface area contributed by atoms with Gasteiger partial charge in [-0.3, -0.25) is 0 Å². The molecule has 1 N–H and O–H groups in total. The van der Waals surface area contributed by atoms with Gasteiger partial charge in [0.05, 0.1) is 6.10 Å². The van der Waals surface area contributed by atoms with Crippen molar-refractivity contribution in [2.24, 2.45) is 0 Å². The molecule has 4 heteroatoms. The van der Waals surface area contributed by atoms with E-state index in [0.717, 1.165) is 12.8 Å². The predicted molar refractivity (Wildman–Crippen MR) is 101 cm³/mol. The zero-order valence-electron chi connectivity index (χ0n) is 16.3. The summed E-state index contributed by atoms with van der Waals surface area (Å²) in [6.45, 7) is 5.76. The molecule has 25 heavy (non-hydrogen) atoms. The van der Waals surface area contributed by atoms with E-state index in [4.69, 9.17) is 4.74 Å². The Bertz CT molecular complexity index is 482. The SMILES string of the molecule is CCCCCCCCCCCCCc1c[nH]c(C(=O)OC(C)C)c1F. The molecular formula is C21H36FNO2. The number of hydrogen-bond donors (Lipinski definition) is 1. The smallest absolute Gasteiger partial charge is 0.358 e. The van der Waals surface area contributed by atoms with E-state index in [2.05, 4.69) is 11.9 Å². The summed E-state index contributed by atoms with van der Waals surface area (Å²) in [6.07, 6.45) is 16.1. The fourth-order valence-corrected chi connectivity index (χ4v) is 3.03. The number of carbonyl (C=O) groups excluding carboxylic acids is 1. The van der Waals surface area contributed by atoms with Gasteiger partial charge in [0, 0.05) is 11.8 Å². The first kappa shape index (κ1) is 21.7. The summed E-state index contributed by atoms with van der Waals surface area (Å²) in [4.78, 5) is 14.5. The number of aromatic amines is 1. The zero-order valence-corrected chi connectivity index (χ0v) is 16.3. The highest BCUT2D eigenvalue weighted by molar-refractivity contribution is 5.88. The maximum Gasteiger partial charge on any atom is 0.358 e. The summed E-state index contributed by atoms with van der Waals surface area (Å²) >= 11 is 0. The van der Waals surface area contributed by atoms with E-state index in [1.54, 1.807) is 20.0 Å². The topological polar surface area (TPSA) is 42.1 Å². The van der Waals surface area contributed by atoms with E-state index in [-0.39, 0.29) is 11.8 Å². The van der Waals surface area contributed by atoms with Crippen LogP contribution < -0.4 is 0 Å². The minimum Gasteiger partial charge on any atom is -0.458 e. The molecule has 0 aliphatic heterocycles. The summed E-state index contributed by atoms with van der Waals surface area (Å²) in [6, 6.07) is 0. The van der Waals surface area contributed by atoms with Gasteiger partial charge in [-0.15, -0.1) is 0 Å². The lowest BCUT2D eigenvalue weighted by atomic mass is 10.0. The maximum absolute atomic E-state index is 14.2. The van der Waals surface area contributed by atoms with Crippen molar-refractivity contribution in [2.45, 2.75) is 104 Å². The normalized spacial score (nSPS) is 11.2. The number of aromatic nitrogens is 1. The second-order valence-electron chi connectivity index (χ2n) is 7.24. The lowest BCUT2D eigenvalue weighted by Crippen LogP contribution is -2.13. The number of H-pyrrole nitrogens is 1. The molecule has 0 amide bonds. The summed E-state index contributed by atoms with van der Waals surface area (Å²) in [5, 5.41) is 0. The highest BCUT2D eigenvalue weighted by Crippen LogP contribution is 2.17. The van der Waals surface area contributed by atoms with Crippen LogP contribution >= 0.6 is 0 Å². The van der Waals surface area contributed by atoms with Gasteiger partial charge >= 0.3 is 5.97 Å². The van der Waals surface area contributed by atoms with E-state index < -0.39 is 11.8 Å². The molecular weight excluding hydrogens is 317 g/mol. The molecule has 1 aromatic rings. The summed E-state index contributed by atoms with van der Waals surface area (Å²) in [5.41, 5.74) is 0.540. The van der Waals surface area contributed by atoms with Crippen molar-refractivity contribution in [3.8, 4) is 0 Å². The molecule has 3 nitrogen and oxygen atoms in total. The van der Waals surface area contributed by atoms with Crippen LogP contribution in [0.3, 0.4) is 0 Å². The van der Waals surface area contributed by atoms with Gasteiger partial charge in [-0.05, 0) is 26.7 Å². The Morgan fingerprint density at radius 2 is 1.52 bits per heavy atom. The molecule has 0 aliphatic carbocycles. The first-order valence-corrected chi connectivity index (χ1v) is 10.1. The summed E-state index contributed by atoms with van der Waals surface area (Å²) < 4.78 is 19.2. The van der Waals surface area contributed by atoms with Gasteiger partial charge in [-0.2, -0.15) is 0 Å². The van der Waals surface area contributed by atoms with Gasteiger partial charge in [-0.25, -0.2) is 9.18 Å². The van der Waals surface area contributed by atoms with Crippen LogP contribution in [0.25, 0.3) is 0 Å². The van der Waals surface area contributed by atoms with Crippen LogP contribution in [0.2, 0.25) is 0 Å². The van der Waals surface area contributed by atoms with Crippen LogP contribution in [0.4, 0.5) is 4.39 Å². The Kier molecular flexibility index (Phi) is 11.3. The van der Waals surface area contributed by atoms with Crippen molar-refractivity contribution in [3.05, 3.63) is 23.3 Å². The number of rotatable bonds is 14. The van der Waals surface area contributed by atoms with E-state index in [1.807, 2.05) is 0 Å². The molecule has 1 aromatic heterocycles. The molecule has 0 fully saturated rings. The Morgan fingerprint density at radius 3 is 2.04 bits per heavy atom. The average Bonchev–Trinajstić information content (AvgIpc) is 2.93. The Balaban J connectivity index is 2.11. The molecule has 0 bridgehead atoms. The lowest BCUT2D eigenvalue weighted by Gasteiger charge is -2.06. The third kappa shape index (κ3) is 9.08. The zero-order chi connectivity index (χ0) is 18.5. The van der Waals surface area contributed by atoms with Crippen molar-refractivity contribution < 1.29 is 13.9 Å². The number of nitrogens with one attached hydrogen (secondary N) is 1. The van der Waals surface area contributed by atoms with Crippen LogP contribution in [0.5, 0.6) is 0 Å². The minimum absolute atomic E-state index is 0.0493. The number of esters is 1. The number of ether oxygens (including phenoxy) is 1. The van der Waals surface area contributed by atoms with Crippen LogP contribution in [0.15, 0.2) is 6.20 Å². The van der Waals surface area contributed by atoms with Crippen LogP contribution in [-0.4, -0.2) is 17.1 Å². The highest BCUT2D eigenvalue weighted by Gasteiger charge is 2.19. The first-order valence-electron chi connectivity index (χ1n) is 10.1. The number of hydrogen-bond acceptors (Lipinski definition) is 2. The molecule has 144 valence electrons. The molecule has 0 radical (unpaired) electrons. The lowest BCUT2D eigenvalue weighted by molar-refractivity contribution is 0.0366. The number of aryl methyl sites for hydroxylation is 1. The molecule has 1 heterocycles. The monoisotopic (exact) mass is 353 g/mol. The fraction of sp³-hybridized carbons (Fsp3) is 0.762. The molecule has 0 aromatic carbocycles. The van der Waals surface area contributed by atoms with Gasteiger partial charge in [0.1, 0.15) is 0 Å². The van der Waals surface area contributed by atoms with Crippen LogP contribution in [-0.2, 0) is 11.2 Å². The van der Waals surface area contributed by atoms with Crippen LogP contribution in [0, 0.1) is 5.82 Å². The van der Waals surface area contributed by atoms with Gasteiger partial charge in [0.15, 0.2) is 11.5 Å². The van der Waals surface area contributed by atoms with E-state index in [0.29, 0.717) is 12.0 Å². The maximum atomic E-state index is 14.2. The number of unbranched alkanes of at least 4 members (excludes halogenated alkanes) is 10. The predicted octanol–water partition coefficient (Wildman–Crippen LogP) is 6.57. The van der Waals surface area contributed by atoms with Crippen molar-refractivity contribution in [1.82, 2.24) is 4.98 Å². The Labute approximate surface area is 152 Å². The molecule has 1 rings (SSSR count). The Hall–Kier alpha value is -1.32. The molecule has 0 spiro atoms. The highest BCUT2D eigenvalue weighted by atomic mass is 19.1. The van der Waals surface area contributed by atoms with Gasteiger partial charge in [-0.1, -0.05) is 71.1 Å². The van der Waals surface area contributed by atoms with Crippen molar-refractivity contribution in [1.29, 1.82) is 0 Å². The molecule has 0 aliphatic rings. The second kappa shape index (κ2) is 13.0. The first-order chi connectivity index (χ1) is 12.1. The summed E-state index contributed by atoms with van der Waals surface area (Å²) in [5.74, 6) is -1.06. The largest absolute Gasteiger partial charge is 0.458 e. The minimum atomic E-state index is -0.613. The van der Waals surface area contributed by atoms with Crippen LogP contribution in [0.1, 0.15) is 107 Å². The van der Waals surface area contributed by atoms with Crippen molar-refractivity contribution in [3.63, 3.8) is 0 Å². The number of carbonyl (C=O) groups is 1. The van der Waals surface area contributed by atoms with E-state index in [1.165, 1.54) is 57.8 Å². The molecule has 0 saturated carbocycles. The van der Waals surface area contributed by atoms with Crippen molar-refractivity contribution >= 4 is 5.97 Å². The quantitative estimate of drug-likeness (QED) is 0.303. The fourth-order valence-electron chi connectivity index (χ4n) is 3.03. The molecule has 0 atom stereocenters. The van der Waals surface area contributed by atoms with E-state index in [9.17, 15) is 9.18 Å². The van der Waals surface area contributed by atoms with Gasteiger partial charge in [0.25, 0.3) is 0 Å². The third-order valence-corrected chi connectivity index (χ3v) is 4.49. The standard InChI is InChI=1S/C21H36FNO2/c1-4-5-6-7-8-9-10-11-12-13-14-15-18-16-23-20(19(18)22)21(24)25-17(2)3/h16-17,23H,4-15H2,1-3H3. The molecule has 0 unspecified atom stereocenters. The summed E-state index contributed by atoms with van der Waals surface area (Å²) in [7, 11) is 0. The van der Waals surface area contributed by atoms with Crippen molar-refractivity contribution in [2.75, 3.05) is 0 Å².